The van der Waals surface area contributed by atoms with Crippen molar-refractivity contribution >= 4 is 11.6 Å². The minimum absolute atomic E-state index is 0.0613. The van der Waals surface area contributed by atoms with E-state index in [9.17, 15) is 4.79 Å². The molecule has 2 heterocycles. The lowest BCUT2D eigenvalue weighted by Crippen LogP contribution is -2.39. The van der Waals surface area contributed by atoms with Gasteiger partial charge >= 0.3 is 0 Å². The molecule has 0 spiro atoms. The number of morpholine rings is 1. The highest BCUT2D eigenvalue weighted by Gasteiger charge is 2.20. The Kier molecular flexibility index (Phi) is 7.51. The molecule has 2 fully saturated rings. The maximum absolute atomic E-state index is 12.4. The number of hydrogen-bond acceptors (Lipinski definition) is 4. The Morgan fingerprint density at radius 3 is 2.30 bits per heavy atom. The maximum Gasteiger partial charge on any atom is 0.255 e. The number of hydrogen-bond donors (Lipinski definition) is 1. The van der Waals surface area contributed by atoms with Gasteiger partial charge in [-0.2, -0.15) is 0 Å². The van der Waals surface area contributed by atoms with E-state index < -0.39 is 0 Å². The lowest BCUT2D eigenvalue weighted by Gasteiger charge is -2.34. The first kappa shape index (κ1) is 21.0. The summed E-state index contributed by atoms with van der Waals surface area (Å²) in [6.07, 6.45) is 3.91. The van der Waals surface area contributed by atoms with E-state index in [4.69, 9.17) is 4.74 Å². The second-order valence-electron chi connectivity index (χ2n) is 8.48. The van der Waals surface area contributed by atoms with Gasteiger partial charge < -0.3 is 10.1 Å². The van der Waals surface area contributed by atoms with Crippen LogP contribution in [-0.2, 0) is 11.3 Å². The highest BCUT2D eigenvalue weighted by molar-refractivity contribution is 6.04. The van der Waals surface area contributed by atoms with E-state index in [-0.39, 0.29) is 5.91 Å². The number of amides is 1. The topological polar surface area (TPSA) is 44.8 Å². The van der Waals surface area contributed by atoms with E-state index in [1.807, 2.05) is 42.5 Å². The highest BCUT2D eigenvalue weighted by atomic mass is 16.5. The first-order valence-corrected chi connectivity index (χ1v) is 11.2. The van der Waals surface area contributed by atoms with Crippen LogP contribution in [0, 0.1) is 5.92 Å². The van der Waals surface area contributed by atoms with Crippen LogP contribution in [-0.4, -0.2) is 61.6 Å². The van der Waals surface area contributed by atoms with Gasteiger partial charge in [-0.15, -0.1) is 0 Å². The summed E-state index contributed by atoms with van der Waals surface area (Å²) in [6.45, 7) is 8.51. The lowest BCUT2D eigenvalue weighted by atomic mass is 9.93. The quantitative estimate of drug-likeness (QED) is 0.757. The van der Waals surface area contributed by atoms with Crippen LogP contribution in [0.1, 0.15) is 35.2 Å². The summed E-state index contributed by atoms with van der Waals surface area (Å²) >= 11 is 0. The number of carbonyl (C=O) groups excluding carboxylic acids is 1. The van der Waals surface area contributed by atoms with Gasteiger partial charge in [0.15, 0.2) is 0 Å². The fraction of sp³-hybridized carbons (Fsp3) is 0.480. The van der Waals surface area contributed by atoms with Gasteiger partial charge in [0, 0.05) is 30.9 Å². The largest absolute Gasteiger partial charge is 0.379 e. The third-order valence-corrected chi connectivity index (χ3v) is 6.32. The molecule has 0 saturated carbocycles. The molecule has 0 atom stereocenters. The summed E-state index contributed by atoms with van der Waals surface area (Å²) in [5.74, 6) is 0.794. The molecular weight excluding hydrogens is 374 g/mol. The number of benzene rings is 2. The van der Waals surface area contributed by atoms with Gasteiger partial charge in [0.2, 0.25) is 0 Å². The van der Waals surface area contributed by atoms with Crippen LogP contribution in [0.5, 0.6) is 0 Å². The van der Waals surface area contributed by atoms with E-state index >= 15 is 0 Å². The minimum atomic E-state index is -0.0613. The molecule has 4 rings (SSSR count). The molecule has 160 valence electrons. The van der Waals surface area contributed by atoms with E-state index in [0.717, 1.165) is 44.5 Å². The lowest BCUT2D eigenvalue weighted by molar-refractivity contribution is 0.0334. The van der Waals surface area contributed by atoms with Crippen molar-refractivity contribution in [1.82, 2.24) is 9.80 Å². The third-order valence-electron chi connectivity index (χ3n) is 6.32. The van der Waals surface area contributed by atoms with Crippen molar-refractivity contribution in [3.05, 3.63) is 65.7 Å². The zero-order valence-electron chi connectivity index (χ0n) is 17.8. The predicted octanol–water partition coefficient (Wildman–Crippen LogP) is 3.87. The molecule has 5 nitrogen and oxygen atoms in total. The number of anilines is 1. The minimum Gasteiger partial charge on any atom is -0.379 e. The number of likely N-dealkylation sites (tertiary alicyclic amines) is 1. The summed E-state index contributed by atoms with van der Waals surface area (Å²) < 4.78 is 5.44. The zero-order chi connectivity index (χ0) is 20.6. The molecule has 1 N–H and O–H groups in total. The molecule has 0 aliphatic carbocycles. The monoisotopic (exact) mass is 407 g/mol. The van der Waals surface area contributed by atoms with E-state index in [0.29, 0.717) is 5.56 Å². The van der Waals surface area contributed by atoms with Crippen LogP contribution in [0.25, 0.3) is 0 Å². The summed E-state index contributed by atoms with van der Waals surface area (Å²) in [7, 11) is 0. The van der Waals surface area contributed by atoms with Crippen molar-refractivity contribution < 1.29 is 9.53 Å². The van der Waals surface area contributed by atoms with E-state index in [1.165, 1.54) is 44.5 Å². The fourth-order valence-corrected chi connectivity index (χ4v) is 4.37. The molecule has 2 aromatic carbocycles. The Balaban J connectivity index is 1.19. The van der Waals surface area contributed by atoms with Crippen molar-refractivity contribution in [2.45, 2.75) is 25.8 Å². The average Bonchev–Trinajstić information content (AvgIpc) is 2.80. The molecule has 0 bridgehead atoms. The standard InChI is InChI=1S/C25H33N3O2/c29-25(26-24-4-2-1-3-5-24)23-8-6-22(7-9-23)20-28-14-11-21(12-15-28)10-13-27-16-18-30-19-17-27/h1-9,21H,10-20H2,(H,26,29). The summed E-state index contributed by atoms with van der Waals surface area (Å²) in [6, 6.07) is 17.6. The Labute approximate surface area is 180 Å². The van der Waals surface area contributed by atoms with Crippen molar-refractivity contribution in [2.24, 2.45) is 5.92 Å². The van der Waals surface area contributed by atoms with Crippen LogP contribution in [0.4, 0.5) is 5.69 Å². The second-order valence-corrected chi connectivity index (χ2v) is 8.48. The van der Waals surface area contributed by atoms with Gasteiger partial charge in [0.05, 0.1) is 13.2 Å². The van der Waals surface area contributed by atoms with Crippen molar-refractivity contribution in [2.75, 3.05) is 51.3 Å². The Morgan fingerprint density at radius 1 is 0.900 bits per heavy atom. The molecule has 1 amide bonds. The molecule has 0 unspecified atom stereocenters. The molecule has 2 aliphatic heterocycles. The predicted molar refractivity (Wildman–Crippen MR) is 121 cm³/mol. The molecule has 0 aromatic heterocycles. The first-order valence-electron chi connectivity index (χ1n) is 11.2. The number of nitrogens with one attached hydrogen (secondary N) is 1. The van der Waals surface area contributed by atoms with Gasteiger partial charge in [-0.25, -0.2) is 0 Å². The third kappa shape index (κ3) is 6.14. The van der Waals surface area contributed by atoms with Crippen LogP contribution in [0.15, 0.2) is 54.6 Å². The average molecular weight is 408 g/mol. The van der Waals surface area contributed by atoms with Crippen LogP contribution in [0.3, 0.4) is 0 Å². The maximum atomic E-state index is 12.4. The van der Waals surface area contributed by atoms with Crippen molar-refractivity contribution in [1.29, 1.82) is 0 Å². The SMILES string of the molecule is O=C(Nc1ccccc1)c1ccc(CN2CCC(CCN3CCOCC3)CC2)cc1. The molecule has 0 radical (unpaired) electrons. The number of ether oxygens (including phenoxy) is 1. The number of nitrogens with zero attached hydrogens (tertiary/aromatic N) is 2. The first-order chi connectivity index (χ1) is 14.8. The number of piperidine rings is 1. The Morgan fingerprint density at radius 2 is 1.60 bits per heavy atom. The summed E-state index contributed by atoms with van der Waals surface area (Å²) in [5.41, 5.74) is 2.80. The van der Waals surface area contributed by atoms with Crippen molar-refractivity contribution in [3.63, 3.8) is 0 Å². The molecule has 2 saturated heterocycles. The summed E-state index contributed by atoms with van der Waals surface area (Å²) in [5, 5.41) is 2.94. The van der Waals surface area contributed by atoms with Crippen LogP contribution < -0.4 is 5.32 Å². The van der Waals surface area contributed by atoms with Gasteiger partial charge in [0.1, 0.15) is 0 Å². The smallest absolute Gasteiger partial charge is 0.255 e. The van der Waals surface area contributed by atoms with Gasteiger partial charge in [0.25, 0.3) is 5.91 Å². The van der Waals surface area contributed by atoms with Crippen LogP contribution >= 0.6 is 0 Å². The second kappa shape index (κ2) is 10.7. The summed E-state index contributed by atoms with van der Waals surface area (Å²) in [4.78, 5) is 17.5. The van der Waals surface area contributed by atoms with Gasteiger partial charge in [-0.1, -0.05) is 30.3 Å². The molecule has 2 aromatic rings. The fourth-order valence-electron chi connectivity index (χ4n) is 4.37. The van der Waals surface area contributed by atoms with Gasteiger partial charge in [-0.3, -0.25) is 14.6 Å². The van der Waals surface area contributed by atoms with Crippen molar-refractivity contribution in [3.8, 4) is 0 Å². The van der Waals surface area contributed by atoms with Gasteiger partial charge in [-0.05, 0) is 74.6 Å². The number of carbonyl (C=O) groups is 1. The number of rotatable bonds is 7. The van der Waals surface area contributed by atoms with E-state index in [1.54, 1.807) is 0 Å². The normalized spacial score (nSPS) is 18.9. The van der Waals surface area contributed by atoms with E-state index in [2.05, 4.69) is 27.2 Å². The number of para-hydroxylation sites is 1. The molecule has 2 aliphatic rings. The Hall–Kier alpha value is -2.21. The highest BCUT2D eigenvalue weighted by Crippen LogP contribution is 2.22. The Bertz CT molecular complexity index is 780. The molecule has 30 heavy (non-hydrogen) atoms. The molecule has 5 heteroatoms. The van der Waals surface area contributed by atoms with Crippen LogP contribution in [0.2, 0.25) is 0 Å². The molecular formula is C25H33N3O2. The zero-order valence-corrected chi connectivity index (χ0v) is 17.8.